The van der Waals surface area contributed by atoms with Crippen LogP contribution >= 0.6 is 0 Å². The number of furan rings is 1. The zero-order chi connectivity index (χ0) is 34.5. The second kappa shape index (κ2) is 15.4. The molecule has 258 valence electrons. The van der Waals surface area contributed by atoms with Crippen molar-refractivity contribution >= 4 is 28.7 Å². The van der Waals surface area contributed by atoms with Crippen molar-refractivity contribution in [3.63, 3.8) is 0 Å². The fraction of sp³-hybridized carbons (Fsp3) is 0.486. The molecule has 1 aliphatic carbocycles. The molecule has 1 fully saturated rings. The van der Waals surface area contributed by atoms with E-state index in [1.54, 1.807) is 18.2 Å². The summed E-state index contributed by atoms with van der Waals surface area (Å²) >= 11 is 0. The number of aliphatic hydroxyl groups is 2. The van der Waals surface area contributed by atoms with E-state index in [4.69, 9.17) is 4.42 Å². The van der Waals surface area contributed by atoms with Gasteiger partial charge in [-0.05, 0) is 73.9 Å². The Labute approximate surface area is 280 Å². The van der Waals surface area contributed by atoms with Gasteiger partial charge in [-0.15, -0.1) is 0 Å². The number of ketones is 3. The lowest BCUT2D eigenvalue weighted by atomic mass is 9.73. The summed E-state index contributed by atoms with van der Waals surface area (Å²) in [6.45, 7) is 4.10. The monoisotopic (exact) mass is 663 g/mol. The molecule has 0 saturated carbocycles. The third kappa shape index (κ3) is 7.80. The molecule has 3 atom stereocenters. The van der Waals surface area contributed by atoms with Crippen LogP contribution in [0.2, 0.25) is 0 Å². The minimum absolute atomic E-state index is 0.129. The number of para-hydroxylation sites is 1. The maximum Gasteiger partial charge on any atom is 0.167 e. The molecule has 0 amide bonds. The SMILES string of the molecule is CC(=O)CC(=O)C(CO)C(CCO)CC1CC(=O)c2c(O)c(-c3ccc(CN4CCN(c5ccccc5F)CC4)o3)cc(N(C)C)c2C1. The number of Topliss-reactive ketones (excluding diaryl/α,β-unsaturated/α-hetero) is 3. The molecule has 2 aromatic carbocycles. The van der Waals surface area contributed by atoms with Gasteiger partial charge in [0.05, 0.1) is 36.4 Å². The number of carbonyl (C=O) groups excluding carboxylic acids is 3. The summed E-state index contributed by atoms with van der Waals surface area (Å²) in [5.41, 5.74) is 2.77. The number of aromatic hydroxyl groups is 1. The van der Waals surface area contributed by atoms with Gasteiger partial charge in [0, 0.05) is 64.9 Å². The van der Waals surface area contributed by atoms with Crippen LogP contribution in [0.25, 0.3) is 11.3 Å². The first-order valence-electron chi connectivity index (χ1n) is 16.6. The van der Waals surface area contributed by atoms with Crippen LogP contribution in [0.15, 0.2) is 46.9 Å². The van der Waals surface area contributed by atoms with Gasteiger partial charge in [-0.1, -0.05) is 12.1 Å². The maximum atomic E-state index is 14.3. The van der Waals surface area contributed by atoms with Gasteiger partial charge in [0.1, 0.15) is 34.7 Å². The summed E-state index contributed by atoms with van der Waals surface area (Å²) in [7, 11) is 3.74. The molecule has 1 aromatic heterocycles. The van der Waals surface area contributed by atoms with E-state index in [1.807, 2.05) is 42.1 Å². The van der Waals surface area contributed by atoms with Crippen molar-refractivity contribution in [2.75, 3.05) is 63.3 Å². The summed E-state index contributed by atoms with van der Waals surface area (Å²) in [6, 6.07) is 12.3. The van der Waals surface area contributed by atoms with Gasteiger partial charge in [-0.25, -0.2) is 4.39 Å². The van der Waals surface area contributed by atoms with Crippen molar-refractivity contribution in [3.05, 3.63) is 65.2 Å². The Morgan fingerprint density at radius 3 is 2.44 bits per heavy atom. The minimum Gasteiger partial charge on any atom is -0.506 e. The van der Waals surface area contributed by atoms with Crippen LogP contribution in [-0.2, 0) is 22.6 Å². The molecule has 10 nitrogen and oxygen atoms in total. The number of hydrogen-bond donors (Lipinski definition) is 3. The lowest BCUT2D eigenvalue weighted by Crippen LogP contribution is -2.46. The predicted molar refractivity (Wildman–Crippen MR) is 181 cm³/mol. The molecule has 5 rings (SSSR count). The highest BCUT2D eigenvalue weighted by Crippen LogP contribution is 2.45. The van der Waals surface area contributed by atoms with E-state index in [0.29, 0.717) is 60.8 Å². The van der Waals surface area contributed by atoms with Crippen LogP contribution in [0.3, 0.4) is 0 Å². The quantitative estimate of drug-likeness (QED) is 0.212. The number of hydrogen-bond acceptors (Lipinski definition) is 10. The fourth-order valence-electron chi connectivity index (χ4n) is 7.33. The minimum atomic E-state index is -0.800. The molecule has 0 spiro atoms. The first-order chi connectivity index (χ1) is 23.0. The summed E-state index contributed by atoms with van der Waals surface area (Å²) < 4.78 is 20.5. The predicted octanol–water partition coefficient (Wildman–Crippen LogP) is 4.47. The van der Waals surface area contributed by atoms with Gasteiger partial charge in [-0.2, -0.15) is 0 Å². The van der Waals surface area contributed by atoms with E-state index in [9.17, 15) is 34.1 Å². The van der Waals surface area contributed by atoms with Crippen molar-refractivity contribution in [2.24, 2.45) is 17.8 Å². The van der Waals surface area contributed by atoms with Gasteiger partial charge in [0.25, 0.3) is 0 Å². The fourth-order valence-corrected chi connectivity index (χ4v) is 7.33. The van der Waals surface area contributed by atoms with Crippen molar-refractivity contribution in [2.45, 2.75) is 45.6 Å². The number of anilines is 2. The largest absolute Gasteiger partial charge is 0.506 e. The number of piperazine rings is 1. The molecule has 3 aromatic rings. The molecule has 3 N–H and O–H groups in total. The van der Waals surface area contributed by atoms with Crippen molar-refractivity contribution in [3.8, 4) is 17.1 Å². The number of phenolic OH excluding ortho intramolecular Hbond substituents is 1. The highest BCUT2D eigenvalue weighted by Gasteiger charge is 2.36. The van der Waals surface area contributed by atoms with Crippen LogP contribution in [0.5, 0.6) is 5.75 Å². The molecule has 0 bridgehead atoms. The summed E-state index contributed by atoms with van der Waals surface area (Å²) in [4.78, 5) is 44.2. The Bertz CT molecular complexity index is 1630. The number of fused-ring (bicyclic) bond motifs is 1. The topological polar surface area (TPSA) is 135 Å². The standard InChI is InChI=1S/C37H46FN3O7/c1-23(44)16-33(45)29(22-43)25(10-15-42)17-24-18-27-32(39(2)3)20-28(37(47)36(27)34(46)19-24)35-9-8-26(48-35)21-40-11-13-41(14-12-40)31-7-5-4-6-30(31)38/h4-9,20,24-25,29,42-43,47H,10-19,21-22H2,1-3H3. The smallest absolute Gasteiger partial charge is 0.167 e. The number of carbonyl (C=O) groups is 3. The van der Waals surface area contributed by atoms with E-state index < -0.39 is 18.4 Å². The maximum absolute atomic E-state index is 14.3. The number of phenols is 1. The van der Waals surface area contributed by atoms with Crippen LogP contribution in [0.4, 0.5) is 15.8 Å². The Balaban J connectivity index is 1.33. The number of halogens is 1. The summed E-state index contributed by atoms with van der Waals surface area (Å²) in [5.74, 6) is -1.43. The van der Waals surface area contributed by atoms with Gasteiger partial charge in [0.15, 0.2) is 5.78 Å². The molecular formula is C37H46FN3O7. The van der Waals surface area contributed by atoms with Crippen molar-refractivity contribution in [1.82, 2.24) is 4.90 Å². The normalized spacial score (nSPS) is 18.0. The Hall–Kier alpha value is -4.06. The molecule has 1 aliphatic heterocycles. The first kappa shape index (κ1) is 35.3. The molecule has 0 radical (unpaired) electrons. The lowest BCUT2D eigenvalue weighted by molar-refractivity contribution is -0.131. The molecule has 1 saturated heterocycles. The molecule has 3 unspecified atom stereocenters. The van der Waals surface area contributed by atoms with Crippen LogP contribution in [0, 0.1) is 23.6 Å². The number of aliphatic hydroxyl groups excluding tert-OH is 2. The van der Waals surface area contributed by atoms with E-state index in [0.717, 1.165) is 18.8 Å². The third-order valence-electron chi connectivity index (χ3n) is 9.72. The second-order valence-electron chi connectivity index (χ2n) is 13.4. The van der Waals surface area contributed by atoms with Crippen LogP contribution in [-0.4, -0.2) is 91.1 Å². The second-order valence-corrected chi connectivity index (χ2v) is 13.4. The lowest BCUT2D eigenvalue weighted by Gasteiger charge is -2.35. The molecule has 2 aliphatic rings. The van der Waals surface area contributed by atoms with E-state index in [-0.39, 0.29) is 66.3 Å². The molecule has 48 heavy (non-hydrogen) atoms. The zero-order valence-corrected chi connectivity index (χ0v) is 28.0. The van der Waals surface area contributed by atoms with Gasteiger partial charge in [-0.3, -0.25) is 19.3 Å². The van der Waals surface area contributed by atoms with Crippen LogP contribution < -0.4 is 9.80 Å². The van der Waals surface area contributed by atoms with Gasteiger partial charge >= 0.3 is 0 Å². The molecular weight excluding hydrogens is 617 g/mol. The summed E-state index contributed by atoms with van der Waals surface area (Å²) in [6.07, 6.45) is 0.999. The van der Waals surface area contributed by atoms with E-state index in [2.05, 4.69) is 4.90 Å². The first-order valence-corrected chi connectivity index (χ1v) is 16.6. The van der Waals surface area contributed by atoms with Gasteiger partial charge < -0.3 is 29.5 Å². The molecule has 2 heterocycles. The van der Waals surface area contributed by atoms with Gasteiger partial charge in [0.2, 0.25) is 0 Å². The van der Waals surface area contributed by atoms with Crippen LogP contribution in [0.1, 0.15) is 54.3 Å². The number of rotatable bonds is 14. The summed E-state index contributed by atoms with van der Waals surface area (Å²) in [5, 5.41) is 31.3. The third-order valence-corrected chi connectivity index (χ3v) is 9.72. The van der Waals surface area contributed by atoms with Crippen molar-refractivity contribution in [1.29, 1.82) is 0 Å². The number of benzene rings is 2. The Morgan fingerprint density at radius 2 is 1.79 bits per heavy atom. The van der Waals surface area contributed by atoms with E-state index >= 15 is 0 Å². The highest BCUT2D eigenvalue weighted by molar-refractivity contribution is 6.05. The average molecular weight is 664 g/mol. The van der Waals surface area contributed by atoms with E-state index in [1.165, 1.54) is 13.0 Å². The Morgan fingerprint density at radius 1 is 1.06 bits per heavy atom. The highest BCUT2D eigenvalue weighted by atomic mass is 19.1. The average Bonchev–Trinajstić information content (AvgIpc) is 3.49. The Kier molecular flexibility index (Phi) is 11.3. The zero-order valence-electron chi connectivity index (χ0n) is 28.0. The van der Waals surface area contributed by atoms with Crippen molar-refractivity contribution < 1.29 is 38.5 Å². The number of nitrogens with zero attached hydrogens (tertiary/aromatic N) is 3. The molecule has 11 heteroatoms.